The van der Waals surface area contributed by atoms with E-state index < -0.39 is 4.92 Å². The number of pyridine rings is 1. The van der Waals surface area contributed by atoms with E-state index in [1.165, 1.54) is 17.3 Å². The van der Waals surface area contributed by atoms with Gasteiger partial charge in [0.15, 0.2) is 0 Å². The maximum absolute atomic E-state index is 10.8. The summed E-state index contributed by atoms with van der Waals surface area (Å²) in [6.45, 7) is 2.67. The van der Waals surface area contributed by atoms with Gasteiger partial charge in [0.1, 0.15) is 11.5 Å². The molecule has 1 aromatic carbocycles. The minimum atomic E-state index is -0.420. The molecule has 0 bridgehead atoms. The molecule has 1 N–H and O–H groups in total. The minimum Gasteiger partial charge on any atom is -0.374 e. The van der Waals surface area contributed by atoms with Crippen molar-refractivity contribution in [2.45, 2.75) is 13.3 Å². The molecule has 108 valence electrons. The number of hydrogen-bond acceptors (Lipinski definition) is 5. The molecular formula is C15H16N4O2. The smallest absolute Gasteiger partial charge is 0.290 e. The van der Waals surface area contributed by atoms with Gasteiger partial charge < -0.3 is 10.2 Å². The number of fused-ring (bicyclic) bond motifs is 1. The number of nitrogens with one attached hydrogen (secondary N) is 1. The van der Waals surface area contributed by atoms with E-state index in [0.29, 0.717) is 11.5 Å². The second-order valence-electron chi connectivity index (χ2n) is 5.20. The molecule has 6 heteroatoms. The third-order valence-electron chi connectivity index (χ3n) is 3.74. The lowest BCUT2D eigenvalue weighted by Gasteiger charge is -2.14. The number of rotatable bonds is 3. The molecule has 0 unspecified atom stereocenters. The molecule has 3 rings (SSSR count). The number of aryl methyl sites for hydroxylation is 1. The van der Waals surface area contributed by atoms with Crippen LogP contribution in [0.15, 0.2) is 30.3 Å². The summed E-state index contributed by atoms with van der Waals surface area (Å²) in [5.41, 5.74) is 3.94. The Hall–Kier alpha value is -2.63. The topological polar surface area (TPSA) is 71.3 Å². The van der Waals surface area contributed by atoms with Gasteiger partial charge in [-0.05, 0) is 37.1 Å². The number of anilines is 3. The first kappa shape index (κ1) is 13.4. The molecule has 2 heterocycles. The average molecular weight is 284 g/mol. The molecule has 0 atom stereocenters. The predicted octanol–water partition coefficient (Wildman–Crippen LogP) is 3.03. The zero-order valence-corrected chi connectivity index (χ0v) is 12.0. The third kappa shape index (κ3) is 2.52. The fraction of sp³-hybridized carbons (Fsp3) is 0.267. The standard InChI is InChI=1S/C15H16N4O2/c1-10-13(19(20)21)5-6-15(16-10)17-12-4-3-11-7-8-18(2)14(11)9-12/h3-6,9H,7-8H2,1-2H3,(H,16,17). The number of aromatic nitrogens is 1. The first-order chi connectivity index (χ1) is 10.0. The van der Waals surface area contributed by atoms with Crippen LogP contribution >= 0.6 is 0 Å². The van der Waals surface area contributed by atoms with Crippen LogP contribution < -0.4 is 10.2 Å². The molecule has 21 heavy (non-hydrogen) atoms. The quantitative estimate of drug-likeness (QED) is 0.693. The van der Waals surface area contributed by atoms with Crippen LogP contribution in [0.2, 0.25) is 0 Å². The summed E-state index contributed by atoms with van der Waals surface area (Å²) in [6.07, 6.45) is 1.07. The van der Waals surface area contributed by atoms with Crippen molar-refractivity contribution < 1.29 is 4.92 Å². The Balaban J connectivity index is 1.86. The average Bonchev–Trinajstić information content (AvgIpc) is 2.80. The highest BCUT2D eigenvalue weighted by molar-refractivity contribution is 5.68. The SMILES string of the molecule is Cc1nc(Nc2ccc3c(c2)N(C)CC3)ccc1[N+](=O)[O-]. The number of hydrogen-bond donors (Lipinski definition) is 1. The molecule has 1 aliphatic rings. The van der Waals surface area contributed by atoms with Gasteiger partial charge in [-0.3, -0.25) is 10.1 Å². The van der Waals surface area contributed by atoms with Crippen LogP contribution in [-0.2, 0) is 6.42 Å². The molecule has 0 fully saturated rings. The molecule has 6 nitrogen and oxygen atoms in total. The number of nitrogens with zero attached hydrogens (tertiary/aromatic N) is 3. The summed E-state index contributed by atoms with van der Waals surface area (Å²) in [7, 11) is 2.07. The highest BCUT2D eigenvalue weighted by Gasteiger charge is 2.16. The Morgan fingerprint density at radius 3 is 2.86 bits per heavy atom. The van der Waals surface area contributed by atoms with Crippen LogP contribution in [0.3, 0.4) is 0 Å². The minimum absolute atomic E-state index is 0.0363. The lowest BCUT2D eigenvalue weighted by atomic mass is 10.1. The first-order valence-electron chi connectivity index (χ1n) is 6.78. The van der Waals surface area contributed by atoms with Crippen LogP contribution in [0.4, 0.5) is 22.9 Å². The maximum Gasteiger partial charge on any atom is 0.290 e. The summed E-state index contributed by atoms with van der Waals surface area (Å²) in [4.78, 5) is 16.8. The van der Waals surface area contributed by atoms with Crippen molar-refractivity contribution in [1.29, 1.82) is 0 Å². The molecule has 0 spiro atoms. The molecule has 1 aromatic heterocycles. The van der Waals surface area contributed by atoms with Crippen molar-refractivity contribution in [3.05, 3.63) is 51.7 Å². The van der Waals surface area contributed by atoms with E-state index in [4.69, 9.17) is 0 Å². The van der Waals surface area contributed by atoms with Crippen molar-refractivity contribution in [3.8, 4) is 0 Å². The summed E-state index contributed by atoms with van der Waals surface area (Å²) in [5, 5.41) is 14.0. The Labute approximate surface area is 122 Å². The van der Waals surface area contributed by atoms with Gasteiger partial charge in [0.25, 0.3) is 5.69 Å². The summed E-state index contributed by atoms with van der Waals surface area (Å²) < 4.78 is 0. The van der Waals surface area contributed by atoms with Crippen LogP contribution in [-0.4, -0.2) is 23.5 Å². The molecule has 0 aliphatic carbocycles. The molecule has 0 saturated heterocycles. The van der Waals surface area contributed by atoms with Crippen molar-refractivity contribution in [1.82, 2.24) is 4.98 Å². The van der Waals surface area contributed by atoms with E-state index in [9.17, 15) is 10.1 Å². The third-order valence-corrected chi connectivity index (χ3v) is 3.74. The molecule has 0 radical (unpaired) electrons. The monoisotopic (exact) mass is 284 g/mol. The summed E-state index contributed by atoms with van der Waals surface area (Å²) >= 11 is 0. The molecule has 0 saturated carbocycles. The Kier molecular flexibility index (Phi) is 3.21. The predicted molar refractivity (Wildman–Crippen MR) is 82.3 cm³/mol. The van der Waals surface area contributed by atoms with E-state index in [1.54, 1.807) is 13.0 Å². The van der Waals surface area contributed by atoms with E-state index in [1.807, 2.05) is 6.07 Å². The van der Waals surface area contributed by atoms with Gasteiger partial charge in [0.2, 0.25) is 0 Å². The normalized spacial score (nSPS) is 13.1. The zero-order chi connectivity index (χ0) is 15.0. The molecule has 1 aliphatic heterocycles. The Morgan fingerprint density at radius 2 is 2.14 bits per heavy atom. The first-order valence-corrected chi connectivity index (χ1v) is 6.78. The fourth-order valence-electron chi connectivity index (χ4n) is 2.58. The highest BCUT2D eigenvalue weighted by Crippen LogP contribution is 2.30. The molecule has 0 amide bonds. The van der Waals surface area contributed by atoms with Gasteiger partial charge in [-0.25, -0.2) is 4.98 Å². The van der Waals surface area contributed by atoms with Gasteiger partial charge in [0.05, 0.1) is 4.92 Å². The number of likely N-dealkylation sites (N-methyl/N-ethyl adjacent to an activating group) is 1. The van der Waals surface area contributed by atoms with Crippen LogP contribution in [0.1, 0.15) is 11.3 Å². The zero-order valence-electron chi connectivity index (χ0n) is 12.0. The molecule has 2 aromatic rings. The lowest BCUT2D eigenvalue weighted by molar-refractivity contribution is -0.385. The van der Waals surface area contributed by atoms with E-state index in [-0.39, 0.29) is 5.69 Å². The van der Waals surface area contributed by atoms with Crippen LogP contribution in [0, 0.1) is 17.0 Å². The Bertz CT molecular complexity index is 715. The second kappa shape index (κ2) is 5.05. The largest absolute Gasteiger partial charge is 0.374 e. The van der Waals surface area contributed by atoms with Gasteiger partial charge in [-0.2, -0.15) is 0 Å². The van der Waals surface area contributed by atoms with E-state index in [2.05, 4.69) is 34.4 Å². The van der Waals surface area contributed by atoms with Gasteiger partial charge in [-0.15, -0.1) is 0 Å². The van der Waals surface area contributed by atoms with Crippen molar-refractivity contribution in [3.63, 3.8) is 0 Å². The summed E-state index contributed by atoms with van der Waals surface area (Å²) in [6, 6.07) is 9.31. The van der Waals surface area contributed by atoms with Gasteiger partial charge in [-0.1, -0.05) is 6.07 Å². The summed E-state index contributed by atoms with van der Waals surface area (Å²) in [5.74, 6) is 0.610. The van der Waals surface area contributed by atoms with E-state index >= 15 is 0 Å². The lowest BCUT2D eigenvalue weighted by Crippen LogP contribution is -2.12. The van der Waals surface area contributed by atoms with Gasteiger partial charge in [0, 0.05) is 31.0 Å². The molecular weight excluding hydrogens is 268 g/mol. The number of benzene rings is 1. The second-order valence-corrected chi connectivity index (χ2v) is 5.20. The van der Waals surface area contributed by atoms with Crippen LogP contribution in [0.25, 0.3) is 0 Å². The highest BCUT2D eigenvalue weighted by atomic mass is 16.6. The Morgan fingerprint density at radius 1 is 1.33 bits per heavy atom. The van der Waals surface area contributed by atoms with Crippen molar-refractivity contribution in [2.24, 2.45) is 0 Å². The number of nitro groups is 1. The van der Waals surface area contributed by atoms with Crippen molar-refractivity contribution >= 4 is 22.9 Å². The van der Waals surface area contributed by atoms with Crippen molar-refractivity contribution in [2.75, 3.05) is 23.8 Å². The van der Waals surface area contributed by atoms with Gasteiger partial charge >= 0.3 is 0 Å². The van der Waals surface area contributed by atoms with Crippen LogP contribution in [0.5, 0.6) is 0 Å². The fourth-order valence-corrected chi connectivity index (χ4v) is 2.58. The maximum atomic E-state index is 10.8. The van der Waals surface area contributed by atoms with E-state index in [0.717, 1.165) is 18.7 Å².